The molecule has 1 aromatic heterocycles. The molecule has 5 heteroatoms. The van der Waals surface area contributed by atoms with Gasteiger partial charge < -0.3 is 9.64 Å². The highest BCUT2D eigenvalue weighted by Crippen LogP contribution is 2.15. The Morgan fingerprint density at radius 1 is 1.13 bits per heavy atom. The Kier molecular flexibility index (Phi) is 5.31. The molecule has 1 aliphatic heterocycles. The number of benzene rings is 1. The summed E-state index contributed by atoms with van der Waals surface area (Å²) in [6.07, 6.45) is 1.03. The average Bonchev–Trinajstić information content (AvgIpc) is 3.15. The van der Waals surface area contributed by atoms with Gasteiger partial charge in [-0.1, -0.05) is 18.2 Å². The van der Waals surface area contributed by atoms with E-state index in [1.165, 1.54) is 16.9 Å². The van der Waals surface area contributed by atoms with Crippen molar-refractivity contribution in [2.24, 2.45) is 0 Å². The van der Waals surface area contributed by atoms with Gasteiger partial charge in [0.05, 0.1) is 12.0 Å². The van der Waals surface area contributed by atoms with Crippen LogP contribution in [0.4, 0.5) is 0 Å². The van der Waals surface area contributed by atoms with Crippen LogP contribution in [0.15, 0.2) is 41.8 Å². The Morgan fingerprint density at radius 3 is 2.48 bits per heavy atom. The summed E-state index contributed by atoms with van der Waals surface area (Å²) in [4.78, 5) is 17.6. The molecule has 3 rings (SSSR count). The fraction of sp³-hybridized carbons (Fsp3) is 0.389. The maximum Gasteiger partial charge on any atom is 0.264 e. The third-order valence-electron chi connectivity index (χ3n) is 4.27. The fourth-order valence-corrected chi connectivity index (χ4v) is 3.50. The summed E-state index contributed by atoms with van der Waals surface area (Å²) in [5.41, 5.74) is 1.32. The van der Waals surface area contributed by atoms with Gasteiger partial charge in [0.2, 0.25) is 0 Å². The Bertz CT molecular complexity index is 617. The second kappa shape index (κ2) is 7.62. The maximum atomic E-state index is 12.3. The van der Waals surface area contributed by atoms with Crippen LogP contribution in [-0.2, 0) is 6.42 Å². The van der Waals surface area contributed by atoms with E-state index >= 15 is 0 Å². The maximum absolute atomic E-state index is 12.3. The lowest BCUT2D eigenvalue weighted by Crippen LogP contribution is -2.48. The van der Waals surface area contributed by atoms with Crippen LogP contribution in [0.25, 0.3) is 0 Å². The lowest BCUT2D eigenvalue weighted by molar-refractivity contribution is 0.0643. The largest absolute Gasteiger partial charge is 0.497 e. The zero-order chi connectivity index (χ0) is 16.1. The summed E-state index contributed by atoms with van der Waals surface area (Å²) in [5.74, 6) is 1.07. The molecular weight excluding hydrogens is 308 g/mol. The molecule has 1 saturated heterocycles. The fourth-order valence-electron chi connectivity index (χ4n) is 2.81. The van der Waals surface area contributed by atoms with Gasteiger partial charge in [0.1, 0.15) is 5.75 Å². The number of nitrogens with zero attached hydrogens (tertiary/aromatic N) is 2. The standard InChI is InChI=1S/C18H22N2O2S/c1-22-16-6-4-15(5-7-16)8-9-19-10-12-20(13-11-19)18(21)17-3-2-14-23-17/h2-7,14H,8-13H2,1H3. The number of hydrogen-bond acceptors (Lipinski definition) is 4. The highest BCUT2D eigenvalue weighted by Gasteiger charge is 2.22. The highest BCUT2D eigenvalue weighted by molar-refractivity contribution is 7.12. The molecule has 0 saturated carbocycles. The molecule has 23 heavy (non-hydrogen) atoms. The minimum Gasteiger partial charge on any atom is -0.497 e. The van der Waals surface area contributed by atoms with E-state index in [2.05, 4.69) is 17.0 Å². The molecule has 0 spiro atoms. The van der Waals surface area contributed by atoms with Crippen LogP contribution >= 0.6 is 11.3 Å². The van der Waals surface area contributed by atoms with Crippen molar-refractivity contribution >= 4 is 17.2 Å². The summed E-state index contributed by atoms with van der Waals surface area (Å²) >= 11 is 1.52. The van der Waals surface area contributed by atoms with Crippen molar-refractivity contribution in [2.75, 3.05) is 39.8 Å². The minimum absolute atomic E-state index is 0.176. The molecule has 1 amide bonds. The summed E-state index contributed by atoms with van der Waals surface area (Å²) < 4.78 is 5.18. The number of carbonyl (C=O) groups excluding carboxylic acids is 1. The third-order valence-corrected chi connectivity index (χ3v) is 5.13. The Morgan fingerprint density at radius 2 is 1.87 bits per heavy atom. The second-order valence-corrected chi connectivity index (χ2v) is 6.66. The number of thiophene rings is 1. The monoisotopic (exact) mass is 330 g/mol. The quantitative estimate of drug-likeness (QED) is 0.845. The van der Waals surface area contributed by atoms with Gasteiger partial charge in [-0.15, -0.1) is 11.3 Å². The predicted molar refractivity (Wildman–Crippen MR) is 93.4 cm³/mol. The van der Waals surface area contributed by atoms with Crippen molar-refractivity contribution in [2.45, 2.75) is 6.42 Å². The van der Waals surface area contributed by atoms with E-state index in [1.807, 2.05) is 34.5 Å². The minimum atomic E-state index is 0.176. The lowest BCUT2D eigenvalue weighted by Gasteiger charge is -2.34. The first-order valence-corrected chi connectivity index (χ1v) is 8.82. The molecule has 1 aliphatic rings. The topological polar surface area (TPSA) is 32.8 Å². The van der Waals surface area contributed by atoms with Crippen molar-refractivity contribution in [1.29, 1.82) is 0 Å². The van der Waals surface area contributed by atoms with E-state index in [0.717, 1.165) is 49.8 Å². The van der Waals surface area contributed by atoms with E-state index in [4.69, 9.17) is 4.74 Å². The zero-order valence-corrected chi connectivity index (χ0v) is 14.2. The van der Waals surface area contributed by atoms with E-state index in [1.54, 1.807) is 7.11 Å². The summed E-state index contributed by atoms with van der Waals surface area (Å²) in [7, 11) is 1.69. The molecule has 0 N–H and O–H groups in total. The number of carbonyl (C=O) groups is 1. The lowest BCUT2D eigenvalue weighted by atomic mass is 10.1. The van der Waals surface area contributed by atoms with Crippen LogP contribution in [0.2, 0.25) is 0 Å². The second-order valence-electron chi connectivity index (χ2n) is 5.71. The van der Waals surface area contributed by atoms with Crippen LogP contribution in [0.3, 0.4) is 0 Å². The number of piperazine rings is 1. The number of hydrogen-bond donors (Lipinski definition) is 0. The molecule has 0 unspecified atom stereocenters. The van der Waals surface area contributed by atoms with Gasteiger partial charge in [-0.25, -0.2) is 0 Å². The first-order chi connectivity index (χ1) is 11.3. The van der Waals surface area contributed by atoms with E-state index < -0.39 is 0 Å². The molecule has 1 aromatic carbocycles. The van der Waals surface area contributed by atoms with Gasteiger partial charge in [0, 0.05) is 32.7 Å². The van der Waals surface area contributed by atoms with E-state index in [-0.39, 0.29) is 5.91 Å². The van der Waals surface area contributed by atoms with Crippen molar-refractivity contribution < 1.29 is 9.53 Å². The van der Waals surface area contributed by atoms with E-state index in [0.29, 0.717) is 0 Å². The molecule has 2 aromatic rings. The molecule has 4 nitrogen and oxygen atoms in total. The van der Waals surface area contributed by atoms with Crippen LogP contribution in [-0.4, -0.2) is 55.5 Å². The number of amides is 1. The van der Waals surface area contributed by atoms with Gasteiger partial charge >= 0.3 is 0 Å². The predicted octanol–water partition coefficient (Wildman–Crippen LogP) is 2.76. The van der Waals surface area contributed by atoms with Crippen molar-refractivity contribution in [3.05, 3.63) is 52.2 Å². The molecule has 2 heterocycles. The van der Waals surface area contributed by atoms with E-state index in [9.17, 15) is 4.79 Å². The number of methoxy groups -OCH3 is 1. The number of ether oxygens (including phenoxy) is 1. The highest BCUT2D eigenvalue weighted by atomic mass is 32.1. The SMILES string of the molecule is COc1ccc(CCN2CCN(C(=O)c3cccs3)CC2)cc1. The summed E-state index contributed by atoms with van der Waals surface area (Å²) in [5, 5.41) is 1.96. The van der Waals surface area contributed by atoms with Crippen LogP contribution in [0, 0.1) is 0 Å². The molecule has 1 fully saturated rings. The Labute approximate surface area is 141 Å². The van der Waals surface area contributed by atoms with Crippen LogP contribution in [0.5, 0.6) is 5.75 Å². The average molecular weight is 330 g/mol. The Hall–Kier alpha value is -1.85. The van der Waals surface area contributed by atoms with Gasteiger partial charge in [-0.05, 0) is 35.6 Å². The molecule has 0 atom stereocenters. The molecule has 122 valence electrons. The van der Waals surface area contributed by atoms with Gasteiger partial charge in [-0.3, -0.25) is 9.69 Å². The smallest absolute Gasteiger partial charge is 0.264 e. The summed E-state index contributed by atoms with van der Waals surface area (Å²) in [6, 6.07) is 12.1. The van der Waals surface area contributed by atoms with Gasteiger partial charge in [0.15, 0.2) is 0 Å². The third kappa shape index (κ3) is 4.12. The van der Waals surface area contributed by atoms with Crippen molar-refractivity contribution in [3.8, 4) is 5.75 Å². The zero-order valence-electron chi connectivity index (χ0n) is 13.4. The first-order valence-electron chi connectivity index (χ1n) is 7.94. The number of rotatable bonds is 5. The first kappa shape index (κ1) is 16.0. The summed E-state index contributed by atoms with van der Waals surface area (Å²) in [6.45, 7) is 4.58. The van der Waals surface area contributed by atoms with Crippen molar-refractivity contribution in [1.82, 2.24) is 9.80 Å². The van der Waals surface area contributed by atoms with Crippen LogP contribution < -0.4 is 4.74 Å². The van der Waals surface area contributed by atoms with Gasteiger partial charge in [0.25, 0.3) is 5.91 Å². The van der Waals surface area contributed by atoms with Crippen LogP contribution in [0.1, 0.15) is 15.2 Å². The normalized spacial score (nSPS) is 15.6. The molecule has 0 aliphatic carbocycles. The molecular formula is C18H22N2O2S. The molecule has 0 radical (unpaired) electrons. The Balaban J connectivity index is 1.44. The van der Waals surface area contributed by atoms with Crippen molar-refractivity contribution in [3.63, 3.8) is 0 Å². The molecule has 0 bridgehead atoms. The van der Waals surface area contributed by atoms with Gasteiger partial charge in [-0.2, -0.15) is 0 Å².